The van der Waals surface area contributed by atoms with Crippen LogP contribution in [-0.2, 0) is 26.0 Å². The minimum Gasteiger partial charge on any atom is -0.459 e. The van der Waals surface area contributed by atoms with Gasteiger partial charge < -0.3 is 9.47 Å². The lowest BCUT2D eigenvalue weighted by Gasteiger charge is -2.13. The zero-order valence-electron chi connectivity index (χ0n) is 17.0. The molecule has 1 aromatic heterocycles. The predicted octanol–water partition coefficient (Wildman–Crippen LogP) is 2.83. The highest BCUT2D eigenvalue weighted by Gasteiger charge is 2.21. The standard InChI is InChI=1S/C19H25N3O6S/c1-6-22-11-17(10-20-22)29(25,26)21-16-8-14(18(23)27-12(2)3)7-15(9-16)19(24)28-13(4)5/h7-13,21H,6H2,1-5H3. The Hall–Kier alpha value is -2.88. The average Bonchev–Trinajstić information content (AvgIpc) is 3.10. The van der Waals surface area contributed by atoms with Crippen LogP contribution in [0.1, 0.15) is 55.3 Å². The molecule has 0 saturated carbocycles. The van der Waals surface area contributed by atoms with Crippen molar-refractivity contribution in [2.24, 2.45) is 0 Å². The van der Waals surface area contributed by atoms with Gasteiger partial charge in [-0.1, -0.05) is 0 Å². The number of sulfonamides is 1. The van der Waals surface area contributed by atoms with Crippen LogP contribution < -0.4 is 4.72 Å². The molecule has 29 heavy (non-hydrogen) atoms. The van der Waals surface area contributed by atoms with E-state index in [0.29, 0.717) is 6.54 Å². The second-order valence-corrected chi connectivity index (χ2v) is 8.53. The van der Waals surface area contributed by atoms with Crippen molar-refractivity contribution in [3.05, 3.63) is 41.7 Å². The molecule has 0 fully saturated rings. The Kier molecular flexibility index (Phi) is 7.02. The summed E-state index contributed by atoms with van der Waals surface area (Å²) in [4.78, 5) is 24.6. The van der Waals surface area contributed by atoms with E-state index < -0.39 is 22.0 Å². The first-order valence-corrected chi connectivity index (χ1v) is 10.6. The highest BCUT2D eigenvalue weighted by molar-refractivity contribution is 7.92. The van der Waals surface area contributed by atoms with Gasteiger partial charge in [-0.25, -0.2) is 18.0 Å². The fraction of sp³-hybridized carbons (Fsp3) is 0.421. The number of carbonyl (C=O) groups is 2. The van der Waals surface area contributed by atoms with E-state index in [9.17, 15) is 18.0 Å². The van der Waals surface area contributed by atoms with E-state index >= 15 is 0 Å². The van der Waals surface area contributed by atoms with E-state index in [-0.39, 0.29) is 33.9 Å². The number of hydrogen-bond acceptors (Lipinski definition) is 7. The lowest BCUT2D eigenvalue weighted by molar-refractivity contribution is 0.0377. The highest BCUT2D eigenvalue weighted by atomic mass is 32.2. The maximum atomic E-state index is 12.7. The number of esters is 2. The summed E-state index contributed by atoms with van der Waals surface area (Å²) in [6.07, 6.45) is 1.84. The Morgan fingerprint density at radius 2 is 1.55 bits per heavy atom. The first kappa shape index (κ1) is 22.4. The lowest BCUT2D eigenvalue weighted by atomic mass is 10.1. The topological polar surface area (TPSA) is 117 Å². The molecule has 0 radical (unpaired) electrons. The molecule has 0 bridgehead atoms. The molecule has 2 rings (SSSR count). The fourth-order valence-electron chi connectivity index (χ4n) is 2.36. The molecule has 158 valence electrons. The summed E-state index contributed by atoms with van der Waals surface area (Å²) < 4.78 is 39.5. The van der Waals surface area contributed by atoms with Gasteiger partial charge in [-0.15, -0.1) is 0 Å². The van der Waals surface area contributed by atoms with Crippen LogP contribution in [0, 0.1) is 0 Å². The van der Waals surface area contributed by atoms with Crippen LogP contribution in [0.3, 0.4) is 0 Å². The second-order valence-electron chi connectivity index (χ2n) is 6.84. The normalized spacial score (nSPS) is 11.6. The van der Waals surface area contributed by atoms with Crippen molar-refractivity contribution < 1.29 is 27.5 Å². The van der Waals surface area contributed by atoms with Crippen LogP contribution in [0.25, 0.3) is 0 Å². The summed E-state index contributed by atoms with van der Waals surface area (Å²) in [5.41, 5.74) is 0.0841. The zero-order valence-corrected chi connectivity index (χ0v) is 17.8. The summed E-state index contributed by atoms with van der Waals surface area (Å²) in [7, 11) is -3.97. The minimum atomic E-state index is -3.97. The summed E-state index contributed by atoms with van der Waals surface area (Å²) in [5.74, 6) is -1.36. The number of aryl methyl sites for hydroxylation is 1. The molecule has 0 unspecified atom stereocenters. The van der Waals surface area contributed by atoms with Crippen molar-refractivity contribution in [1.82, 2.24) is 9.78 Å². The molecule has 0 aliphatic carbocycles. The Labute approximate surface area is 170 Å². The van der Waals surface area contributed by atoms with E-state index in [1.165, 1.54) is 35.3 Å². The molecular weight excluding hydrogens is 398 g/mol. The number of ether oxygens (including phenoxy) is 2. The number of anilines is 1. The predicted molar refractivity (Wildman–Crippen MR) is 106 cm³/mol. The molecule has 0 saturated heterocycles. The van der Waals surface area contributed by atoms with E-state index in [1.54, 1.807) is 27.7 Å². The van der Waals surface area contributed by atoms with E-state index in [0.717, 1.165) is 0 Å². The van der Waals surface area contributed by atoms with E-state index in [4.69, 9.17) is 9.47 Å². The third-order valence-corrected chi connectivity index (χ3v) is 4.92. The van der Waals surface area contributed by atoms with E-state index in [2.05, 4.69) is 9.82 Å². The molecule has 10 heteroatoms. The Morgan fingerprint density at radius 1 is 1.03 bits per heavy atom. The zero-order chi connectivity index (χ0) is 21.8. The molecule has 0 spiro atoms. The van der Waals surface area contributed by atoms with Gasteiger partial charge in [0.2, 0.25) is 0 Å². The first-order valence-electron chi connectivity index (χ1n) is 9.14. The summed E-state index contributed by atoms with van der Waals surface area (Å²) >= 11 is 0. The van der Waals surface area contributed by atoms with Gasteiger partial charge in [-0.2, -0.15) is 5.10 Å². The van der Waals surface area contributed by atoms with Crippen molar-refractivity contribution in [1.29, 1.82) is 0 Å². The van der Waals surface area contributed by atoms with Crippen LogP contribution in [0.15, 0.2) is 35.5 Å². The molecule has 2 aromatic rings. The monoisotopic (exact) mass is 423 g/mol. The van der Waals surface area contributed by atoms with Crippen LogP contribution in [0.5, 0.6) is 0 Å². The van der Waals surface area contributed by atoms with Crippen molar-refractivity contribution >= 4 is 27.6 Å². The highest BCUT2D eigenvalue weighted by Crippen LogP contribution is 2.21. The quantitative estimate of drug-likeness (QED) is 0.649. The fourth-order valence-corrected chi connectivity index (χ4v) is 3.35. The number of benzene rings is 1. The van der Waals surface area contributed by atoms with Crippen LogP contribution in [0.2, 0.25) is 0 Å². The van der Waals surface area contributed by atoms with Crippen molar-refractivity contribution in [3.8, 4) is 0 Å². The van der Waals surface area contributed by atoms with Gasteiger partial charge in [0, 0.05) is 12.7 Å². The summed E-state index contributed by atoms with van der Waals surface area (Å²) in [6, 6.07) is 3.92. The number of aromatic nitrogens is 2. The largest absolute Gasteiger partial charge is 0.459 e. The molecule has 0 amide bonds. The lowest BCUT2D eigenvalue weighted by Crippen LogP contribution is -2.17. The summed E-state index contributed by atoms with van der Waals surface area (Å²) in [6.45, 7) is 9.08. The molecule has 1 aromatic carbocycles. The molecular formula is C19H25N3O6S. The third kappa shape index (κ3) is 6.05. The molecule has 0 aliphatic rings. The number of hydrogen-bond donors (Lipinski definition) is 1. The number of nitrogens with one attached hydrogen (secondary N) is 1. The second kappa shape index (κ2) is 9.08. The number of rotatable bonds is 8. The Morgan fingerprint density at radius 3 is 1.97 bits per heavy atom. The van der Waals surface area contributed by atoms with Gasteiger partial charge in [0.1, 0.15) is 4.90 Å². The maximum absolute atomic E-state index is 12.7. The minimum absolute atomic E-state index is 0.0267. The van der Waals surface area contributed by atoms with E-state index in [1.807, 2.05) is 6.92 Å². The van der Waals surface area contributed by atoms with Crippen molar-refractivity contribution in [3.63, 3.8) is 0 Å². The van der Waals surface area contributed by atoms with Gasteiger partial charge in [0.05, 0.1) is 35.2 Å². The van der Waals surface area contributed by atoms with Crippen molar-refractivity contribution in [2.75, 3.05) is 4.72 Å². The van der Waals surface area contributed by atoms with Gasteiger partial charge in [0.15, 0.2) is 0 Å². The SMILES string of the molecule is CCn1cc(S(=O)(=O)Nc2cc(C(=O)OC(C)C)cc(C(=O)OC(C)C)c2)cn1. The molecule has 1 heterocycles. The third-order valence-electron chi connectivity index (χ3n) is 3.59. The maximum Gasteiger partial charge on any atom is 0.338 e. The first-order chi connectivity index (χ1) is 13.5. The number of carbonyl (C=O) groups excluding carboxylic acids is 2. The Bertz CT molecular complexity index is 955. The number of nitrogens with zero attached hydrogens (tertiary/aromatic N) is 2. The molecule has 0 aliphatic heterocycles. The van der Waals surface area contributed by atoms with Gasteiger partial charge in [-0.05, 0) is 52.8 Å². The average molecular weight is 423 g/mol. The Balaban J connectivity index is 2.43. The smallest absolute Gasteiger partial charge is 0.338 e. The van der Waals surface area contributed by atoms with Gasteiger partial charge in [-0.3, -0.25) is 9.40 Å². The van der Waals surface area contributed by atoms with Crippen LogP contribution in [0.4, 0.5) is 5.69 Å². The molecule has 1 N–H and O–H groups in total. The molecule has 9 nitrogen and oxygen atoms in total. The van der Waals surface area contributed by atoms with Crippen molar-refractivity contribution in [2.45, 2.75) is 58.3 Å². The van der Waals surface area contributed by atoms with Crippen LogP contribution >= 0.6 is 0 Å². The van der Waals surface area contributed by atoms with Gasteiger partial charge >= 0.3 is 11.9 Å². The van der Waals surface area contributed by atoms with Gasteiger partial charge in [0.25, 0.3) is 10.0 Å². The summed E-state index contributed by atoms with van der Waals surface area (Å²) in [5, 5.41) is 3.95. The molecule has 0 atom stereocenters. The van der Waals surface area contributed by atoms with Crippen LogP contribution in [-0.4, -0.2) is 42.3 Å².